The molecule has 1 aliphatic heterocycles. The molecule has 0 amide bonds. The largest absolute Gasteiger partial charge is 0.377 e. The van der Waals surface area contributed by atoms with Crippen LogP contribution in [0.1, 0.15) is 18.2 Å². The summed E-state index contributed by atoms with van der Waals surface area (Å²) in [6.45, 7) is 2.46. The number of sulfonamides is 1. The quantitative estimate of drug-likeness (QED) is 0.842. The Morgan fingerprint density at radius 2 is 2.28 bits per heavy atom. The molecule has 1 aliphatic rings. The van der Waals surface area contributed by atoms with E-state index in [2.05, 4.69) is 0 Å². The van der Waals surface area contributed by atoms with Crippen molar-refractivity contribution in [3.05, 3.63) is 17.0 Å². The molecule has 2 atom stereocenters. The van der Waals surface area contributed by atoms with Crippen molar-refractivity contribution in [2.75, 3.05) is 13.7 Å². The maximum atomic E-state index is 12.4. The van der Waals surface area contributed by atoms with E-state index >= 15 is 0 Å². The molecule has 1 aromatic heterocycles. The lowest BCUT2D eigenvalue weighted by Crippen LogP contribution is -2.40. The standard InChI is InChI=1S/C11H14N2O3S2/c1-8-10(5-6-16-8)13(2)18(14,15)11-4-3-9(7-12)17-11/h3-4,8,10H,5-6H2,1-2H3. The summed E-state index contributed by atoms with van der Waals surface area (Å²) in [5.74, 6) is 0. The number of likely N-dealkylation sites (N-methyl/N-ethyl adjacent to an activating group) is 1. The molecular formula is C11H14N2O3S2. The predicted octanol–water partition coefficient (Wildman–Crippen LogP) is 1.42. The van der Waals surface area contributed by atoms with Crippen molar-refractivity contribution in [1.82, 2.24) is 4.31 Å². The monoisotopic (exact) mass is 286 g/mol. The van der Waals surface area contributed by atoms with Gasteiger partial charge in [0.05, 0.1) is 12.1 Å². The summed E-state index contributed by atoms with van der Waals surface area (Å²) in [5.41, 5.74) is 0. The zero-order valence-electron chi connectivity index (χ0n) is 10.2. The van der Waals surface area contributed by atoms with Crippen LogP contribution in [0.25, 0.3) is 0 Å². The molecule has 5 nitrogen and oxygen atoms in total. The Labute approximate surface area is 111 Å². The lowest BCUT2D eigenvalue weighted by molar-refractivity contribution is 0.102. The summed E-state index contributed by atoms with van der Waals surface area (Å²) in [7, 11) is -1.96. The molecule has 0 bridgehead atoms. The lowest BCUT2D eigenvalue weighted by Gasteiger charge is -2.25. The van der Waals surface area contributed by atoms with E-state index in [-0.39, 0.29) is 16.4 Å². The highest BCUT2D eigenvalue weighted by Gasteiger charge is 2.35. The SMILES string of the molecule is CC1OCCC1N(C)S(=O)(=O)c1ccc(C#N)s1. The first-order valence-electron chi connectivity index (χ1n) is 5.56. The predicted molar refractivity (Wildman–Crippen MR) is 67.8 cm³/mol. The number of hydrogen-bond donors (Lipinski definition) is 0. The third-order valence-corrected chi connectivity index (χ3v) is 6.47. The van der Waals surface area contributed by atoms with Gasteiger partial charge in [-0.3, -0.25) is 0 Å². The molecule has 7 heteroatoms. The molecule has 1 fully saturated rings. The van der Waals surface area contributed by atoms with Crippen LogP contribution >= 0.6 is 11.3 Å². The Kier molecular flexibility index (Phi) is 3.73. The molecular weight excluding hydrogens is 272 g/mol. The Bertz CT molecular complexity index is 573. The van der Waals surface area contributed by atoms with Gasteiger partial charge in [0.15, 0.2) is 0 Å². The second kappa shape index (κ2) is 4.97. The van der Waals surface area contributed by atoms with Crippen LogP contribution in [0, 0.1) is 11.3 Å². The Balaban J connectivity index is 2.28. The Morgan fingerprint density at radius 1 is 1.56 bits per heavy atom. The van der Waals surface area contributed by atoms with Gasteiger partial charge in [-0.05, 0) is 25.5 Å². The minimum absolute atomic E-state index is 0.0971. The Hall–Kier alpha value is -0.940. The molecule has 0 N–H and O–H groups in total. The highest BCUT2D eigenvalue weighted by molar-refractivity contribution is 7.91. The summed E-state index contributed by atoms with van der Waals surface area (Å²) in [5, 5.41) is 8.74. The van der Waals surface area contributed by atoms with Crippen LogP contribution in [-0.4, -0.2) is 38.5 Å². The van der Waals surface area contributed by atoms with Crippen LogP contribution in [-0.2, 0) is 14.8 Å². The van der Waals surface area contributed by atoms with Gasteiger partial charge in [-0.25, -0.2) is 8.42 Å². The van der Waals surface area contributed by atoms with E-state index < -0.39 is 10.0 Å². The minimum atomic E-state index is -3.52. The van der Waals surface area contributed by atoms with Crippen molar-refractivity contribution in [1.29, 1.82) is 5.26 Å². The summed E-state index contributed by atoms with van der Waals surface area (Å²) < 4.78 is 31.7. The summed E-state index contributed by atoms with van der Waals surface area (Å²) in [6.07, 6.45) is 0.605. The smallest absolute Gasteiger partial charge is 0.252 e. The first-order chi connectivity index (χ1) is 8.46. The van der Waals surface area contributed by atoms with Crippen molar-refractivity contribution in [3.63, 3.8) is 0 Å². The molecule has 0 radical (unpaired) electrons. The molecule has 18 heavy (non-hydrogen) atoms. The molecule has 2 unspecified atom stereocenters. The number of nitriles is 1. The lowest BCUT2D eigenvalue weighted by atomic mass is 10.2. The molecule has 98 valence electrons. The van der Waals surface area contributed by atoms with Crippen molar-refractivity contribution >= 4 is 21.4 Å². The maximum absolute atomic E-state index is 12.4. The van der Waals surface area contributed by atoms with E-state index in [1.807, 2.05) is 13.0 Å². The normalized spacial score (nSPS) is 24.3. The molecule has 0 saturated carbocycles. The molecule has 1 aromatic rings. The molecule has 2 rings (SSSR count). The minimum Gasteiger partial charge on any atom is -0.377 e. The Morgan fingerprint density at radius 3 is 2.78 bits per heavy atom. The van der Waals surface area contributed by atoms with E-state index in [9.17, 15) is 8.42 Å². The first kappa shape index (κ1) is 13.5. The van der Waals surface area contributed by atoms with Crippen LogP contribution in [0.3, 0.4) is 0 Å². The van der Waals surface area contributed by atoms with E-state index in [4.69, 9.17) is 10.00 Å². The molecule has 0 aliphatic carbocycles. The molecule has 2 heterocycles. The fourth-order valence-corrected chi connectivity index (χ4v) is 4.77. The number of nitrogens with zero attached hydrogens (tertiary/aromatic N) is 2. The van der Waals surface area contributed by atoms with Gasteiger partial charge in [0, 0.05) is 13.7 Å². The highest BCUT2D eigenvalue weighted by atomic mass is 32.2. The fraction of sp³-hybridized carbons (Fsp3) is 0.545. The second-order valence-corrected chi connectivity index (χ2v) is 7.49. The number of hydrogen-bond acceptors (Lipinski definition) is 5. The van der Waals surface area contributed by atoms with Crippen LogP contribution in [0.2, 0.25) is 0 Å². The van der Waals surface area contributed by atoms with Gasteiger partial charge in [-0.15, -0.1) is 11.3 Å². The molecule has 1 saturated heterocycles. The highest BCUT2D eigenvalue weighted by Crippen LogP contribution is 2.28. The summed E-state index contributed by atoms with van der Waals surface area (Å²) in [6, 6.07) is 4.82. The zero-order valence-corrected chi connectivity index (χ0v) is 11.8. The second-order valence-electron chi connectivity index (χ2n) is 4.18. The van der Waals surface area contributed by atoms with Crippen molar-refractivity contribution in [2.45, 2.75) is 29.7 Å². The van der Waals surface area contributed by atoms with Gasteiger partial charge >= 0.3 is 0 Å². The van der Waals surface area contributed by atoms with Crippen LogP contribution < -0.4 is 0 Å². The van der Waals surface area contributed by atoms with Crippen LogP contribution in [0.15, 0.2) is 16.3 Å². The fourth-order valence-electron chi connectivity index (χ4n) is 2.04. The van der Waals surface area contributed by atoms with Gasteiger partial charge in [0.25, 0.3) is 10.0 Å². The van der Waals surface area contributed by atoms with Gasteiger partial charge in [0.2, 0.25) is 0 Å². The average molecular weight is 286 g/mol. The van der Waals surface area contributed by atoms with Crippen LogP contribution in [0.4, 0.5) is 0 Å². The number of ether oxygens (including phenoxy) is 1. The maximum Gasteiger partial charge on any atom is 0.252 e. The molecule has 0 aromatic carbocycles. The van der Waals surface area contributed by atoms with Gasteiger partial charge in [-0.2, -0.15) is 9.57 Å². The van der Waals surface area contributed by atoms with E-state index in [0.717, 1.165) is 11.3 Å². The first-order valence-corrected chi connectivity index (χ1v) is 7.82. The van der Waals surface area contributed by atoms with Gasteiger partial charge in [-0.1, -0.05) is 0 Å². The summed E-state index contributed by atoms with van der Waals surface area (Å²) >= 11 is 0.997. The van der Waals surface area contributed by atoms with E-state index in [1.165, 1.54) is 16.4 Å². The number of rotatable bonds is 3. The van der Waals surface area contributed by atoms with Gasteiger partial charge < -0.3 is 4.74 Å². The van der Waals surface area contributed by atoms with Crippen molar-refractivity contribution < 1.29 is 13.2 Å². The van der Waals surface area contributed by atoms with E-state index in [1.54, 1.807) is 7.05 Å². The van der Waals surface area contributed by atoms with Crippen molar-refractivity contribution in [2.24, 2.45) is 0 Å². The van der Waals surface area contributed by atoms with Crippen molar-refractivity contribution in [3.8, 4) is 6.07 Å². The summed E-state index contributed by atoms with van der Waals surface area (Å²) in [4.78, 5) is 0.401. The van der Waals surface area contributed by atoms with E-state index in [0.29, 0.717) is 17.9 Å². The van der Waals surface area contributed by atoms with Crippen LogP contribution in [0.5, 0.6) is 0 Å². The molecule has 0 spiro atoms. The zero-order chi connectivity index (χ0) is 13.3. The number of thiophene rings is 1. The topological polar surface area (TPSA) is 70.4 Å². The van der Waals surface area contributed by atoms with Gasteiger partial charge in [0.1, 0.15) is 15.2 Å². The average Bonchev–Trinajstić information content (AvgIpc) is 2.96. The third kappa shape index (κ3) is 2.29. The third-order valence-electron chi connectivity index (χ3n) is 3.13.